The number of imidazole rings is 1. The van der Waals surface area contributed by atoms with Gasteiger partial charge >= 0.3 is 6.09 Å². The van der Waals surface area contributed by atoms with Gasteiger partial charge in [-0.25, -0.2) is 9.78 Å². The molecule has 0 unspecified atom stereocenters. The third kappa shape index (κ3) is 3.92. The molecule has 29 heavy (non-hydrogen) atoms. The van der Waals surface area contributed by atoms with E-state index in [-0.39, 0.29) is 5.41 Å². The summed E-state index contributed by atoms with van der Waals surface area (Å²) in [5, 5.41) is 2.80. The smallest absolute Gasteiger partial charge is 0.406 e. The number of methoxy groups -OCH3 is 1. The van der Waals surface area contributed by atoms with E-state index in [9.17, 15) is 4.79 Å². The maximum atomic E-state index is 11.4. The van der Waals surface area contributed by atoms with Gasteiger partial charge in [0.05, 0.1) is 30.5 Å². The molecule has 4 rings (SSSR count). The lowest BCUT2D eigenvalue weighted by Crippen LogP contribution is -2.36. The highest BCUT2D eigenvalue weighted by Crippen LogP contribution is 2.37. The van der Waals surface area contributed by atoms with Gasteiger partial charge in [-0.3, -0.25) is 0 Å². The minimum Gasteiger partial charge on any atom is -0.453 e. The molecule has 1 amide bonds. The van der Waals surface area contributed by atoms with Gasteiger partial charge < -0.3 is 19.9 Å². The number of anilines is 1. The predicted octanol–water partition coefficient (Wildman–Crippen LogP) is 4.54. The van der Waals surface area contributed by atoms with Gasteiger partial charge in [0.2, 0.25) is 0 Å². The number of nitrogens with zero attached hydrogens (tertiary/aromatic N) is 2. The molecule has 1 aliphatic rings. The first-order valence-corrected chi connectivity index (χ1v) is 10.1. The number of hydrogen-bond donors (Lipinski definition) is 2. The van der Waals surface area contributed by atoms with Crippen molar-refractivity contribution in [3.8, 4) is 0 Å². The topological polar surface area (TPSA) is 70.2 Å². The molecule has 1 aromatic heterocycles. The first-order valence-electron chi connectivity index (χ1n) is 10.1. The molecule has 1 fully saturated rings. The largest absolute Gasteiger partial charge is 0.453 e. The molecule has 0 bridgehead atoms. The van der Waals surface area contributed by atoms with Crippen molar-refractivity contribution in [1.82, 2.24) is 15.3 Å². The molecule has 0 spiro atoms. The second-order valence-corrected chi connectivity index (χ2v) is 8.31. The number of ether oxygens (including phenoxy) is 1. The summed E-state index contributed by atoms with van der Waals surface area (Å²) in [5.74, 6) is 0. The van der Waals surface area contributed by atoms with Crippen LogP contribution in [0.5, 0.6) is 0 Å². The molecule has 152 valence electrons. The van der Waals surface area contributed by atoms with Gasteiger partial charge in [0.1, 0.15) is 0 Å². The molecule has 0 radical (unpaired) electrons. The van der Waals surface area contributed by atoms with E-state index in [2.05, 4.69) is 81.2 Å². The number of aromatic nitrogens is 2. The van der Waals surface area contributed by atoms with Gasteiger partial charge in [-0.2, -0.15) is 0 Å². The molecule has 6 heteroatoms. The molecule has 0 aliphatic carbocycles. The molecule has 3 aromatic rings. The highest BCUT2D eigenvalue weighted by molar-refractivity contribution is 5.75. The van der Waals surface area contributed by atoms with Gasteiger partial charge in [-0.15, -0.1) is 0 Å². The van der Waals surface area contributed by atoms with Crippen LogP contribution in [-0.4, -0.2) is 36.3 Å². The van der Waals surface area contributed by atoms with Crippen molar-refractivity contribution in [3.05, 3.63) is 59.9 Å². The summed E-state index contributed by atoms with van der Waals surface area (Å²) in [6.07, 6.45) is 3.68. The Morgan fingerprint density at radius 3 is 2.83 bits per heavy atom. The number of carbonyl (C=O) groups is 1. The molecule has 2 N–H and O–H groups in total. The van der Waals surface area contributed by atoms with E-state index in [0.29, 0.717) is 12.6 Å². The molecular formula is C23H28N4O2. The summed E-state index contributed by atoms with van der Waals surface area (Å²) in [7, 11) is 1.38. The summed E-state index contributed by atoms with van der Waals surface area (Å²) >= 11 is 0. The summed E-state index contributed by atoms with van der Waals surface area (Å²) in [6.45, 7) is 5.82. The zero-order valence-corrected chi connectivity index (χ0v) is 17.2. The van der Waals surface area contributed by atoms with Crippen LogP contribution in [0.3, 0.4) is 0 Å². The van der Waals surface area contributed by atoms with Crippen LogP contribution in [0.1, 0.15) is 43.9 Å². The molecule has 2 aromatic carbocycles. The first kappa shape index (κ1) is 19.3. The lowest BCUT2D eigenvalue weighted by Gasteiger charge is -2.29. The zero-order valence-electron chi connectivity index (χ0n) is 17.2. The van der Waals surface area contributed by atoms with Gasteiger partial charge in [-0.05, 0) is 48.2 Å². The molecular weight excluding hydrogens is 364 g/mol. The van der Waals surface area contributed by atoms with Crippen LogP contribution >= 0.6 is 0 Å². The zero-order chi connectivity index (χ0) is 20.4. The minimum absolute atomic E-state index is 0.178. The summed E-state index contributed by atoms with van der Waals surface area (Å²) in [5.41, 5.74) is 5.66. The van der Waals surface area contributed by atoms with E-state index in [4.69, 9.17) is 0 Å². The number of carbonyl (C=O) groups excluding carboxylic acids is 1. The van der Waals surface area contributed by atoms with E-state index in [0.717, 1.165) is 24.0 Å². The van der Waals surface area contributed by atoms with Crippen molar-refractivity contribution < 1.29 is 9.53 Å². The average Bonchev–Trinajstić information content (AvgIpc) is 3.40. The Morgan fingerprint density at radius 2 is 2.07 bits per heavy atom. The normalized spacial score (nSPS) is 16.9. The van der Waals surface area contributed by atoms with E-state index in [1.54, 1.807) is 6.33 Å². The van der Waals surface area contributed by atoms with Crippen molar-refractivity contribution in [3.63, 3.8) is 0 Å². The Labute approximate surface area is 171 Å². The monoisotopic (exact) mass is 392 g/mol. The third-order valence-electron chi connectivity index (χ3n) is 5.92. The molecule has 1 saturated heterocycles. The Balaban J connectivity index is 1.52. The van der Waals surface area contributed by atoms with Crippen LogP contribution in [0.4, 0.5) is 10.5 Å². The van der Waals surface area contributed by atoms with Crippen LogP contribution in [-0.2, 0) is 10.2 Å². The number of alkyl carbamates (subject to hydrolysis) is 1. The molecule has 1 atom stereocenters. The second-order valence-electron chi connectivity index (χ2n) is 8.31. The molecule has 2 heterocycles. The molecule has 0 saturated carbocycles. The van der Waals surface area contributed by atoms with Crippen molar-refractivity contribution in [2.75, 3.05) is 25.1 Å². The number of hydrogen-bond acceptors (Lipinski definition) is 4. The number of aromatic amines is 1. The van der Waals surface area contributed by atoms with Gasteiger partial charge in [0, 0.05) is 24.2 Å². The standard InChI is InChI=1S/C23H28N4O2/c1-23(2,14-24-22(28)29-3)17-7-9-18(10-8-17)27-12-4-5-21(27)16-6-11-19-20(13-16)26-15-25-19/h6-11,13,15,21H,4-5,12,14H2,1-3H3,(H,24,28)(H,25,26)/t21-/m1/s1. The highest BCUT2D eigenvalue weighted by Gasteiger charge is 2.27. The van der Waals surface area contributed by atoms with Crippen LogP contribution in [0.15, 0.2) is 48.8 Å². The summed E-state index contributed by atoms with van der Waals surface area (Å²) < 4.78 is 4.68. The van der Waals surface area contributed by atoms with E-state index >= 15 is 0 Å². The average molecular weight is 393 g/mol. The maximum Gasteiger partial charge on any atom is 0.406 e. The fourth-order valence-electron chi connectivity index (χ4n) is 4.15. The first-order chi connectivity index (χ1) is 14.0. The van der Waals surface area contributed by atoms with Crippen molar-refractivity contribution in [1.29, 1.82) is 0 Å². The third-order valence-corrected chi connectivity index (χ3v) is 5.92. The van der Waals surface area contributed by atoms with Crippen LogP contribution in [0.25, 0.3) is 11.0 Å². The number of benzene rings is 2. The van der Waals surface area contributed by atoms with Crippen molar-refractivity contribution in [2.45, 2.75) is 38.1 Å². The quantitative estimate of drug-likeness (QED) is 0.669. The van der Waals surface area contributed by atoms with Gasteiger partial charge in [0.25, 0.3) is 0 Å². The van der Waals surface area contributed by atoms with E-state index < -0.39 is 6.09 Å². The number of amides is 1. The minimum atomic E-state index is -0.399. The Hall–Kier alpha value is -3.02. The number of fused-ring (bicyclic) bond motifs is 1. The Morgan fingerprint density at radius 1 is 1.28 bits per heavy atom. The van der Waals surface area contributed by atoms with Crippen LogP contribution < -0.4 is 10.2 Å². The van der Waals surface area contributed by atoms with Gasteiger partial charge in [0.15, 0.2) is 0 Å². The van der Waals surface area contributed by atoms with E-state index in [1.165, 1.54) is 30.3 Å². The molecule has 1 aliphatic heterocycles. The number of rotatable bonds is 5. The highest BCUT2D eigenvalue weighted by atomic mass is 16.5. The predicted molar refractivity (Wildman–Crippen MR) is 115 cm³/mol. The van der Waals surface area contributed by atoms with Crippen molar-refractivity contribution >= 4 is 22.8 Å². The number of H-pyrrole nitrogens is 1. The van der Waals surface area contributed by atoms with Crippen LogP contribution in [0.2, 0.25) is 0 Å². The lowest BCUT2D eigenvalue weighted by atomic mass is 9.84. The lowest BCUT2D eigenvalue weighted by molar-refractivity contribution is 0.168. The van der Waals surface area contributed by atoms with E-state index in [1.807, 2.05) is 0 Å². The molecule has 6 nitrogen and oxygen atoms in total. The van der Waals surface area contributed by atoms with Gasteiger partial charge in [-0.1, -0.05) is 32.0 Å². The Kier molecular flexibility index (Phi) is 5.18. The summed E-state index contributed by atoms with van der Waals surface area (Å²) in [4.78, 5) is 21.4. The summed E-state index contributed by atoms with van der Waals surface area (Å²) in [6, 6.07) is 15.6. The number of nitrogens with one attached hydrogen (secondary N) is 2. The van der Waals surface area contributed by atoms with Crippen molar-refractivity contribution in [2.24, 2.45) is 0 Å². The fraction of sp³-hybridized carbons (Fsp3) is 0.391. The maximum absolute atomic E-state index is 11.4. The SMILES string of the molecule is COC(=O)NCC(C)(C)c1ccc(N2CCC[C@@H]2c2ccc3nc[nH]c3c2)cc1. The Bertz CT molecular complexity index is 994. The second kappa shape index (κ2) is 7.78. The fourth-order valence-corrected chi connectivity index (χ4v) is 4.15. The van der Waals surface area contributed by atoms with Crippen LogP contribution in [0, 0.1) is 0 Å².